The summed E-state index contributed by atoms with van der Waals surface area (Å²) in [5, 5.41) is 13.3. The fraction of sp³-hybridized carbons (Fsp3) is 0.273. The van der Waals surface area contributed by atoms with Crippen LogP contribution in [0.1, 0.15) is 18.4 Å². The van der Waals surface area contributed by atoms with Crippen LogP contribution < -0.4 is 5.73 Å². The van der Waals surface area contributed by atoms with Crippen LogP contribution in [-0.2, 0) is 0 Å². The van der Waals surface area contributed by atoms with Gasteiger partial charge in [-0.25, -0.2) is 4.39 Å². The smallest absolute Gasteiger partial charge is 0.255 e. The van der Waals surface area contributed by atoms with Gasteiger partial charge in [-0.2, -0.15) is 4.98 Å². The highest BCUT2D eigenvalue weighted by molar-refractivity contribution is 5.53. The van der Waals surface area contributed by atoms with Crippen LogP contribution in [0.2, 0.25) is 0 Å². The number of nitrogens with zero attached hydrogens (tertiary/aromatic N) is 2. The minimum Gasteiger partial charge on any atom is -0.383 e. The first-order valence-electron chi connectivity index (χ1n) is 5.18. The van der Waals surface area contributed by atoms with Gasteiger partial charge < -0.3 is 15.4 Å². The lowest BCUT2D eigenvalue weighted by atomic mass is 10.2. The third kappa shape index (κ3) is 2.66. The lowest BCUT2D eigenvalue weighted by Gasteiger charge is -2.00. The molecule has 3 N–H and O–H groups in total. The summed E-state index contributed by atoms with van der Waals surface area (Å²) >= 11 is 0. The molecule has 1 aromatic heterocycles. The Morgan fingerprint density at radius 3 is 2.71 bits per heavy atom. The van der Waals surface area contributed by atoms with Gasteiger partial charge in [0, 0.05) is 5.56 Å². The van der Waals surface area contributed by atoms with Gasteiger partial charge in [-0.15, -0.1) is 0 Å². The molecule has 1 atom stereocenters. The van der Waals surface area contributed by atoms with Crippen molar-refractivity contribution in [2.24, 2.45) is 5.73 Å². The Balaban J connectivity index is 2.20. The van der Waals surface area contributed by atoms with E-state index in [4.69, 9.17) is 10.3 Å². The molecule has 0 fully saturated rings. The Morgan fingerprint density at radius 2 is 2.06 bits per heavy atom. The van der Waals surface area contributed by atoms with Crippen LogP contribution in [-0.4, -0.2) is 21.8 Å². The van der Waals surface area contributed by atoms with E-state index in [9.17, 15) is 9.50 Å². The van der Waals surface area contributed by atoms with E-state index in [-0.39, 0.29) is 11.7 Å². The van der Waals surface area contributed by atoms with Crippen LogP contribution in [0.25, 0.3) is 11.4 Å². The molecule has 1 heterocycles. The molecule has 0 aliphatic carbocycles. The van der Waals surface area contributed by atoms with Gasteiger partial charge in [-0.05, 0) is 37.2 Å². The van der Waals surface area contributed by atoms with Gasteiger partial charge in [-0.3, -0.25) is 0 Å². The molecule has 0 spiro atoms. The summed E-state index contributed by atoms with van der Waals surface area (Å²) < 4.78 is 17.6. The molecule has 1 unspecified atom stereocenters. The zero-order chi connectivity index (χ0) is 12.3. The third-order valence-electron chi connectivity index (χ3n) is 2.27. The Kier molecular flexibility index (Phi) is 3.46. The second kappa shape index (κ2) is 5.03. The third-order valence-corrected chi connectivity index (χ3v) is 2.27. The molecule has 0 aliphatic rings. The van der Waals surface area contributed by atoms with E-state index < -0.39 is 6.10 Å². The molecule has 90 valence electrons. The summed E-state index contributed by atoms with van der Waals surface area (Å²) in [5.74, 6) is 0.103. The van der Waals surface area contributed by atoms with Crippen molar-refractivity contribution in [1.29, 1.82) is 0 Å². The van der Waals surface area contributed by atoms with Gasteiger partial charge >= 0.3 is 0 Å². The second-order valence-corrected chi connectivity index (χ2v) is 3.56. The van der Waals surface area contributed by atoms with E-state index in [1.165, 1.54) is 12.1 Å². The number of aliphatic hydroxyl groups is 1. The summed E-state index contributed by atoms with van der Waals surface area (Å²) in [7, 11) is 0. The van der Waals surface area contributed by atoms with Crippen molar-refractivity contribution in [3.8, 4) is 11.4 Å². The van der Waals surface area contributed by atoms with Crippen molar-refractivity contribution in [3.63, 3.8) is 0 Å². The molecule has 2 aromatic rings. The quantitative estimate of drug-likeness (QED) is 0.836. The summed E-state index contributed by atoms with van der Waals surface area (Å²) in [6, 6.07) is 5.70. The average molecular weight is 237 g/mol. The highest BCUT2D eigenvalue weighted by Gasteiger charge is 2.15. The zero-order valence-corrected chi connectivity index (χ0v) is 9.01. The van der Waals surface area contributed by atoms with Crippen LogP contribution in [0.15, 0.2) is 28.8 Å². The normalized spacial score (nSPS) is 12.6. The Labute approximate surface area is 97.1 Å². The van der Waals surface area contributed by atoms with E-state index in [0.29, 0.717) is 24.4 Å². The fourth-order valence-electron chi connectivity index (χ4n) is 1.37. The molecule has 0 radical (unpaired) electrons. The average Bonchev–Trinajstić information content (AvgIpc) is 2.80. The van der Waals surface area contributed by atoms with Crippen molar-refractivity contribution in [3.05, 3.63) is 36.0 Å². The molecule has 0 saturated heterocycles. The largest absolute Gasteiger partial charge is 0.383 e. The van der Waals surface area contributed by atoms with Gasteiger partial charge in [0.2, 0.25) is 5.82 Å². The molecule has 17 heavy (non-hydrogen) atoms. The Morgan fingerprint density at radius 1 is 1.35 bits per heavy atom. The molecule has 0 bridgehead atoms. The number of aliphatic hydroxyl groups excluding tert-OH is 1. The monoisotopic (exact) mass is 237 g/mol. The van der Waals surface area contributed by atoms with Crippen LogP contribution in [0.3, 0.4) is 0 Å². The molecular formula is C11H12FN3O2. The number of hydrogen-bond donors (Lipinski definition) is 2. The zero-order valence-electron chi connectivity index (χ0n) is 9.01. The molecule has 0 amide bonds. The minimum absolute atomic E-state index is 0.120. The lowest BCUT2D eigenvalue weighted by Crippen LogP contribution is -2.06. The number of hydrogen-bond acceptors (Lipinski definition) is 5. The molecule has 6 heteroatoms. The summed E-state index contributed by atoms with van der Waals surface area (Å²) in [4.78, 5) is 4.02. The maximum Gasteiger partial charge on any atom is 0.255 e. The van der Waals surface area contributed by atoms with Crippen molar-refractivity contribution >= 4 is 0 Å². The van der Waals surface area contributed by atoms with Crippen molar-refractivity contribution in [2.45, 2.75) is 12.5 Å². The fourth-order valence-corrected chi connectivity index (χ4v) is 1.37. The van der Waals surface area contributed by atoms with E-state index in [0.717, 1.165) is 0 Å². The maximum absolute atomic E-state index is 12.7. The first-order chi connectivity index (χ1) is 8.20. The van der Waals surface area contributed by atoms with Gasteiger partial charge in [0.1, 0.15) is 11.9 Å². The number of rotatable bonds is 4. The van der Waals surface area contributed by atoms with Crippen LogP contribution in [0, 0.1) is 5.82 Å². The lowest BCUT2D eigenvalue weighted by molar-refractivity contribution is 0.127. The van der Waals surface area contributed by atoms with E-state index in [2.05, 4.69) is 10.1 Å². The highest BCUT2D eigenvalue weighted by atomic mass is 19.1. The molecule has 0 aliphatic heterocycles. The van der Waals surface area contributed by atoms with Crippen LogP contribution >= 0.6 is 0 Å². The summed E-state index contributed by atoms with van der Waals surface area (Å²) in [6.45, 7) is 0.329. The first kappa shape index (κ1) is 11.7. The number of benzene rings is 1. The number of nitrogens with two attached hydrogens (primary N) is 1. The number of aromatic nitrogens is 2. The maximum atomic E-state index is 12.7. The van der Waals surface area contributed by atoms with Gasteiger partial charge in [0.25, 0.3) is 5.89 Å². The van der Waals surface area contributed by atoms with E-state index >= 15 is 0 Å². The van der Waals surface area contributed by atoms with Gasteiger partial charge in [0.05, 0.1) is 0 Å². The summed E-state index contributed by atoms with van der Waals surface area (Å²) in [6.07, 6.45) is -0.507. The molecule has 5 nitrogen and oxygen atoms in total. The van der Waals surface area contributed by atoms with E-state index in [1.54, 1.807) is 12.1 Å². The second-order valence-electron chi connectivity index (χ2n) is 3.56. The Hall–Kier alpha value is -1.79. The SMILES string of the molecule is NCCC(O)c1nc(-c2ccc(F)cc2)no1. The van der Waals surface area contributed by atoms with Gasteiger partial charge in [-0.1, -0.05) is 5.16 Å². The van der Waals surface area contributed by atoms with Crippen molar-refractivity contribution < 1.29 is 14.0 Å². The molecule has 0 saturated carbocycles. The van der Waals surface area contributed by atoms with Crippen molar-refractivity contribution in [1.82, 2.24) is 10.1 Å². The van der Waals surface area contributed by atoms with Crippen LogP contribution in [0.5, 0.6) is 0 Å². The first-order valence-corrected chi connectivity index (χ1v) is 5.18. The summed E-state index contributed by atoms with van der Waals surface area (Å²) in [5.41, 5.74) is 5.94. The minimum atomic E-state index is -0.860. The predicted molar refractivity (Wildman–Crippen MR) is 58.3 cm³/mol. The molecule has 1 aromatic carbocycles. The highest BCUT2D eigenvalue weighted by Crippen LogP contribution is 2.20. The topological polar surface area (TPSA) is 85.2 Å². The van der Waals surface area contributed by atoms with Crippen molar-refractivity contribution in [2.75, 3.05) is 6.54 Å². The van der Waals surface area contributed by atoms with Gasteiger partial charge in [0.15, 0.2) is 0 Å². The predicted octanol–water partition coefficient (Wildman–Crippen LogP) is 1.26. The Bertz CT molecular complexity index is 484. The molecule has 2 rings (SSSR count). The molecular weight excluding hydrogens is 225 g/mol. The van der Waals surface area contributed by atoms with E-state index in [1.807, 2.05) is 0 Å². The van der Waals surface area contributed by atoms with Crippen LogP contribution in [0.4, 0.5) is 4.39 Å². The number of halogens is 1. The standard InChI is InChI=1S/C11H12FN3O2/c12-8-3-1-7(2-4-8)10-14-11(17-15-10)9(16)5-6-13/h1-4,9,16H,5-6,13H2.